The van der Waals surface area contributed by atoms with Crippen LogP contribution >= 0.6 is 11.6 Å². The number of ether oxygens (including phenoxy) is 1. The number of aromatic nitrogens is 2. The number of rotatable bonds is 6. The first-order valence-electron chi connectivity index (χ1n) is 8.85. The van der Waals surface area contributed by atoms with Crippen molar-refractivity contribution in [3.05, 3.63) is 59.1 Å². The highest BCUT2D eigenvalue weighted by molar-refractivity contribution is 6.30. The van der Waals surface area contributed by atoms with Gasteiger partial charge in [0, 0.05) is 11.6 Å². The number of hydrogen-bond acceptors (Lipinski definition) is 3. The molecule has 4 rings (SSSR count). The van der Waals surface area contributed by atoms with E-state index >= 15 is 0 Å². The van der Waals surface area contributed by atoms with Crippen LogP contribution in [-0.2, 0) is 6.54 Å². The summed E-state index contributed by atoms with van der Waals surface area (Å²) in [5.74, 6) is 0.719. The summed E-state index contributed by atoms with van der Waals surface area (Å²) < 4.78 is 8.02. The van der Waals surface area contributed by atoms with Gasteiger partial charge in [0.2, 0.25) is 5.88 Å². The average Bonchev–Trinajstić information content (AvgIpc) is 3.24. The summed E-state index contributed by atoms with van der Waals surface area (Å²) in [6.45, 7) is 4.70. The highest BCUT2D eigenvalue weighted by Crippen LogP contribution is 2.26. The van der Waals surface area contributed by atoms with Gasteiger partial charge in [-0.25, -0.2) is 0 Å². The average molecular weight is 356 g/mol. The molecule has 3 aromatic rings. The standard InChI is InChI=1S/C20H22ClN3O/c21-17-7-5-6-16(14-17)15-24-19-9-2-1-8-18(19)20(22-24)25-13-12-23-10-3-4-11-23/h1-2,5-9,14H,3-4,10-13,15H2. The minimum Gasteiger partial charge on any atom is -0.475 e. The molecule has 1 aliphatic rings. The van der Waals surface area contributed by atoms with Crippen LogP contribution in [0.15, 0.2) is 48.5 Å². The molecule has 1 fully saturated rings. The van der Waals surface area contributed by atoms with Gasteiger partial charge in [-0.2, -0.15) is 0 Å². The molecular formula is C20H22ClN3O. The predicted molar refractivity (Wildman–Crippen MR) is 101 cm³/mol. The minimum atomic E-state index is 0.677. The molecule has 25 heavy (non-hydrogen) atoms. The van der Waals surface area contributed by atoms with E-state index in [1.165, 1.54) is 25.9 Å². The van der Waals surface area contributed by atoms with Crippen molar-refractivity contribution >= 4 is 22.5 Å². The number of benzene rings is 2. The number of fused-ring (bicyclic) bond motifs is 1. The summed E-state index contributed by atoms with van der Waals surface area (Å²) in [6, 6.07) is 16.1. The number of likely N-dealkylation sites (tertiary alicyclic amines) is 1. The van der Waals surface area contributed by atoms with Crippen molar-refractivity contribution in [2.75, 3.05) is 26.2 Å². The Kier molecular flexibility index (Phi) is 4.90. The van der Waals surface area contributed by atoms with Gasteiger partial charge in [-0.05, 0) is 55.8 Å². The second kappa shape index (κ2) is 7.46. The zero-order valence-electron chi connectivity index (χ0n) is 14.2. The fourth-order valence-electron chi connectivity index (χ4n) is 3.41. The van der Waals surface area contributed by atoms with Crippen molar-refractivity contribution in [2.45, 2.75) is 19.4 Å². The molecule has 0 N–H and O–H groups in total. The van der Waals surface area contributed by atoms with Crippen LogP contribution in [0, 0.1) is 0 Å². The van der Waals surface area contributed by atoms with Gasteiger partial charge >= 0.3 is 0 Å². The van der Waals surface area contributed by atoms with E-state index in [0.717, 1.165) is 33.9 Å². The molecule has 4 nitrogen and oxygen atoms in total. The molecule has 0 bridgehead atoms. The maximum absolute atomic E-state index is 6.11. The smallest absolute Gasteiger partial charge is 0.240 e. The first kappa shape index (κ1) is 16.4. The molecule has 5 heteroatoms. The molecule has 130 valence electrons. The minimum absolute atomic E-state index is 0.677. The lowest BCUT2D eigenvalue weighted by atomic mass is 10.2. The van der Waals surface area contributed by atoms with E-state index in [0.29, 0.717) is 13.2 Å². The summed E-state index contributed by atoms with van der Waals surface area (Å²) >= 11 is 6.11. The van der Waals surface area contributed by atoms with Crippen molar-refractivity contribution in [3.63, 3.8) is 0 Å². The van der Waals surface area contributed by atoms with E-state index in [4.69, 9.17) is 21.4 Å². The molecule has 0 amide bonds. The van der Waals surface area contributed by atoms with E-state index < -0.39 is 0 Å². The normalized spacial score (nSPS) is 15.1. The molecule has 0 spiro atoms. The number of para-hydroxylation sites is 1. The highest BCUT2D eigenvalue weighted by Gasteiger charge is 2.14. The SMILES string of the molecule is Clc1cccc(Cn2nc(OCCN3CCCC3)c3ccccc32)c1. The van der Waals surface area contributed by atoms with Crippen LogP contribution < -0.4 is 4.74 Å². The summed E-state index contributed by atoms with van der Waals surface area (Å²) in [7, 11) is 0. The van der Waals surface area contributed by atoms with Gasteiger partial charge in [-0.15, -0.1) is 5.10 Å². The Balaban J connectivity index is 1.53. The Morgan fingerprint density at radius 2 is 1.88 bits per heavy atom. The molecule has 2 heterocycles. The molecule has 0 unspecified atom stereocenters. The Hall–Kier alpha value is -2.04. The lowest BCUT2D eigenvalue weighted by Crippen LogP contribution is -2.25. The summed E-state index contributed by atoms with van der Waals surface area (Å²) in [5.41, 5.74) is 2.21. The van der Waals surface area contributed by atoms with E-state index in [1.807, 2.05) is 35.0 Å². The highest BCUT2D eigenvalue weighted by atomic mass is 35.5. The maximum atomic E-state index is 6.11. The molecule has 2 aromatic carbocycles. The fraction of sp³-hybridized carbons (Fsp3) is 0.350. The predicted octanol–water partition coefficient (Wildman–Crippen LogP) is 4.21. The van der Waals surface area contributed by atoms with Crippen LogP contribution in [0.3, 0.4) is 0 Å². The van der Waals surface area contributed by atoms with Gasteiger partial charge in [0.15, 0.2) is 0 Å². The fourth-order valence-corrected chi connectivity index (χ4v) is 3.62. The molecular weight excluding hydrogens is 334 g/mol. The first-order valence-corrected chi connectivity index (χ1v) is 9.22. The molecule has 1 aliphatic heterocycles. The third-order valence-electron chi connectivity index (χ3n) is 4.69. The van der Waals surface area contributed by atoms with Crippen LogP contribution in [0.1, 0.15) is 18.4 Å². The van der Waals surface area contributed by atoms with Crippen molar-refractivity contribution in [3.8, 4) is 5.88 Å². The maximum Gasteiger partial charge on any atom is 0.240 e. The van der Waals surface area contributed by atoms with E-state index in [9.17, 15) is 0 Å². The third-order valence-corrected chi connectivity index (χ3v) is 4.93. The molecule has 0 atom stereocenters. The molecule has 1 aromatic heterocycles. The lowest BCUT2D eigenvalue weighted by Gasteiger charge is -2.13. The van der Waals surface area contributed by atoms with Gasteiger partial charge in [-0.3, -0.25) is 9.58 Å². The zero-order valence-corrected chi connectivity index (χ0v) is 15.0. The number of hydrogen-bond donors (Lipinski definition) is 0. The summed E-state index contributed by atoms with van der Waals surface area (Å²) in [6.07, 6.45) is 2.61. The van der Waals surface area contributed by atoms with E-state index in [1.54, 1.807) is 0 Å². The van der Waals surface area contributed by atoms with Crippen molar-refractivity contribution < 1.29 is 4.74 Å². The first-order chi connectivity index (χ1) is 12.3. The lowest BCUT2D eigenvalue weighted by molar-refractivity contribution is 0.232. The largest absolute Gasteiger partial charge is 0.475 e. The van der Waals surface area contributed by atoms with Gasteiger partial charge in [-0.1, -0.05) is 35.9 Å². The van der Waals surface area contributed by atoms with Gasteiger partial charge in [0.05, 0.1) is 17.4 Å². The van der Waals surface area contributed by atoms with Crippen molar-refractivity contribution in [1.82, 2.24) is 14.7 Å². The quantitative estimate of drug-likeness (QED) is 0.663. The Labute approximate surface area is 153 Å². The van der Waals surface area contributed by atoms with Gasteiger partial charge in [0.25, 0.3) is 0 Å². The zero-order chi connectivity index (χ0) is 17.1. The topological polar surface area (TPSA) is 30.3 Å². The summed E-state index contributed by atoms with van der Waals surface area (Å²) in [5, 5.41) is 6.52. The van der Waals surface area contributed by atoms with Crippen LogP contribution in [0.25, 0.3) is 10.9 Å². The molecule has 0 radical (unpaired) electrons. The van der Waals surface area contributed by atoms with Crippen molar-refractivity contribution in [1.29, 1.82) is 0 Å². The Bertz CT molecular complexity index is 855. The van der Waals surface area contributed by atoms with E-state index in [2.05, 4.69) is 23.1 Å². The van der Waals surface area contributed by atoms with Crippen LogP contribution in [0.2, 0.25) is 5.02 Å². The molecule has 1 saturated heterocycles. The monoisotopic (exact) mass is 355 g/mol. The third kappa shape index (κ3) is 3.80. The van der Waals surface area contributed by atoms with Gasteiger partial charge < -0.3 is 4.74 Å². The Morgan fingerprint density at radius 1 is 1.04 bits per heavy atom. The second-order valence-corrected chi connectivity index (χ2v) is 6.94. The van der Waals surface area contributed by atoms with Gasteiger partial charge in [0.1, 0.15) is 6.61 Å². The van der Waals surface area contributed by atoms with Crippen LogP contribution in [-0.4, -0.2) is 40.9 Å². The van der Waals surface area contributed by atoms with E-state index in [-0.39, 0.29) is 0 Å². The number of halogens is 1. The molecule has 0 saturated carbocycles. The van der Waals surface area contributed by atoms with Crippen LogP contribution in [0.5, 0.6) is 5.88 Å². The van der Waals surface area contributed by atoms with Crippen LogP contribution in [0.4, 0.5) is 0 Å². The number of nitrogens with zero attached hydrogens (tertiary/aromatic N) is 3. The molecule has 0 aliphatic carbocycles. The van der Waals surface area contributed by atoms with Crippen molar-refractivity contribution in [2.24, 2.45) is 0 Å². The second-order valence-electron chi connectivity index (χ2n) is 6.51. The Morgan fingerprint density at radius 3 is 2.72 bits per heavy atom. The summed E-state index contributed by atoms with van der Waals surface area (Å²) in [4.78, 5) is 2.45.